The van der Waals surface area contributed by atoms with Crippen LogP contribution in [-0.2, 0) is 11.2 Å². The van der Waals surface area contributed by atoms with E-state index in [9.17, 15) is 4.79 Å². The average Bonchev–Trinajstić information content (AvgIpc) is 3.27. The van der Waals surface area contributed by atoms with Gasteiger partial charge < -0.3 is 10.1 Å². The Labute approximate surface area is 119 Å². The van der Waals surface area contributed by atoms with Crippen LogP contribution in [0.5, 0.6) is 5.75 Å². The molecule has 1 aromatic carbocycles. The summed E-state index contributed by atoms with van der Waals surface area (Å²) in [4.78, 5) is 11.7. The highest BCUT2D eigenvalue weighted by Gasteiger charge is 2.29. The van der Waals surface area contributed by atoms with E-state index in [0.29, 0.717) is 18.9 Å². The van der Waals surface area contributed by atoms with E-state index in [-0.39, 0.29) is 11.3 Å². The molecule has 0 bridgehead atoms. The molecule has 1 aromatic rings. The number of benzene rings is 1. The summed E-state index contributed by atoms with van der Waals surface area (Å²) in [6, 6.07) is 7.80. The van der Waals surface area contributed by atoms with E-state index < -0.39 is 0 Å². The summed E-state index contributed by atoms with van der Waals surface area (Å²) in [6.07, 6.45) is 3.65. The Balaban J connectivity index is 1.67. The maximum absolute atomic E-state index is 11.7. The van der Waals surface area contributed by atoms with E-state index in [4.69, 9.17) is 16.3 Å². The van der Waals surface area contributed by atoms with Crippen LogP contribution < -0.4 is 10.1 Å². The maximum Gasteiger partial charge on any atom is 0.220 e. The molecular weight excluding hydrogens is 262 g/mol. The molecule has 4 heteroatoms. The molecule has 104 valence electrons. The lowest BCUT2D eigenvalue weighted by molar-refractivity contribution is -0.121. The number of nitrogens with one attached hydrogen (secondary N) is 1. The van der Waals surface area contributed by atoms with Gasteiger partial charge in [0.05, 0.1) is 12.5 Å². The minimum absolute atomic E-state index is 0.0714. The second-order valence-electron chi connectivity index (χ2n) is 5.01. The molecule has 1 unspecified atom stereocenters. The smallest absolute Gasteiger partial charge is 0.220 e. The van der Waals surface area contributed by atoms with Crippen molar-refractivity contribution in [3.8, 4) is 5.75 Å². The van der Waals surface area contributed by atoms with Gasteiger partial charge >= 0.3 is 0 Å². The number of amides is 1. The van der Waals surface area contributed by atoms with Crippen molar-refractivity contribution in [2.45, 2.75) is 31.1 Å². The van der Waals surface area contributed by atoms with Gasteiger partial charge in [-0.05, 0) is 42.9 Å². The number of carbonyl (C=O) groups excluding carboxylic acids is 1. The van der Waals surface area contributed by atoms with Gasteiger partial charge in [0.1, 0.15) is 5.75 Å². The molecule has 0 aliphatic heterocycles. The minimum atomic E-state index is 0.0714. The summed E-state index contributed by atoms with van der Waals surface area (Å²) >= 11 is 6.14. The number of rotatable bonds is 7. The van der Waals surface area contributed by atoms with E-state index >= 15 is 0 Å². The first kappa shape index (κ1) is 14.2. The molecule has 0 aromatic heterocycles. The molecule has 3 nitrogen and oxygen atoms in total. The third-order valence-corrected chi connectivity index (χ3v) is 3.94. The lowest BCUT2D eigenvalue weighted by Crippen LogP contribution is -2.30. The van der Waals surface area contributed by atoms with Gasteiger partial charge in [-0.15, -0.1) is 11.6 Å². The summed E-state index contributed by atoms with van der Waals surface area (Å²) in [6.45, 7) is 0.591. The molecule has 19 heavy (non-hydrogen) atoms. The van der Waals surface area contributed by atoms with Crippen LogP contribution in [0, 0.1) is 5.92 Å². The van der Waals surface area contributed by atoms with Crippen molar-refractivity contribution < 1.29 is 9.53 Å². The monoisotopic (exact) mass is 281 g/mol. The van der Waals surface area contributed by atoms with Gasteiger partial charge in [-0.1, -0.05) is 12.1 Å². The number of aryl methyl sites for hydroxylation is 1. The van der Waals surface area contributed by atoms with E-state index in [2.05, 4.69) is 5.32 Å². The SMILES string of the molecule is COc1ccc(CCC(=O)NCC(Cl)C2CC2)cc1. The number of ether oxygens (including phenoxy) is 1. The zero-order valence-electron chi connectivity index (χ0n) is 11.2. The van der Waals surface area contributed by atoms with Crippen LogP contribution in [0.3, 0.4) is 0 Å². The van der Waals surface area contributed by atoms with Crippen molar-refractivity contribution in [1.29, 1.82) is 0 Å². The highest BCUT2D eigenvalue weighted by atomic mass is 35.5. The van der Waals surface area contributed by atoms with Crippen LogP contribution in [-0.4, -0.2) is 24.9 Å². The highest BCUT2D eigenvalue weighted by Crippen LogP contribution is 2.35. The molecule has 1 aliphatic rings. The topological polar surface area (TPSA) is 38.3 Å². The molecule has 1 N–H and O–H groups in total. The molecule has 0 spiro atoms. The first-order valence-corrected chi connectivity index (χ1v) is 7.16. The number of hydrogen-bond donors (Lipinski definition) is 1. The number of methoxy groups -OCH3 is 1. The number of carbonyl (C=O) groups is 1. The molecule has 0 saturated heterocycles. The Bertz CT molecular complexity index is 415. The first-order chi connectivity index (χ1) is 9.19. The Hall–Kier alpha value is -1.22. The quantitative estimate of drug-likeness (QED) is 0.781. The van der Waals surface area contributed by atoms with Crippen LogP contribution in [0.15, 0.2) is 24.3 Å². The molecular formula is C15H20ClNO2. The van der Waals surface area contributed by atoms with Crippen LogP contribution in [0.2, 0.25) is 0 Å². The molecule has 1 saturated carbocycles. The van der Waals surface area contributed by atoms with Gasteiger partial charge in [-0.25, -0.2) is 0 Å². The number of halogens is 1. The van der Waals surface area contributed by atoms with E-state index in [1.165, 1.54) is 12.8 Å². The predicted molar refractivity (Wildman–Crippen MR) is 76.7 cm³/mol. The zero-order chi connectivity index (χ0) is 13.7. The Morgan fingerprint density at radius 2 is 2.11 bits per heavy atom. The zero-order valence-corrected chi connectivity index (χ0v) is 12.0. The number of alkyl halides is 1. The fourth-order valence-electron chi connectivity index (χ4n) is 1.97. The van der Waals surface area contributed by atoms with Crippen molar-refractivity contribution in [2.24, 2.45) is 5.92 Å². The van der Waals surface area contributed by atoms with Crippen LogP contribution in [0.1, 0.15) is 24.8 Å². The summed E-state index contributed by atoms with van der Waals surface area (Å²) < 4.78 is 5.09. The van der Waals surface area contributed by atoms with Gasteiger partial charge in [0.2, 0.25) is 5.91 Å². The summed E-state index contributed by atoms with van der Waals surface area (Å²) in [5.41, 5.74) is 1.14. The Morgan fingerprint density at radius 1 is 1.42 bits per heavy atom. The second-order valence-corrected chi connectivity index (χ2v) is 5.57. The minimum Gasteiger partial charge on any atom is -0.497 e. The Kier molecular flexibility index (Phi) is 5.08. The van der Waals surface area contributed by atoms with Gasteiger partial charge in [-0.3, -0.25) is 4.79 Å². The van der Waals surface area contributed by atoms with Crippen LogP contribution >= 0.6 is 11.6 Å². The van der Waals surface area contributed by atoms with Crippen molar-refractivity contribution in [3.05, 3.63) is 29.8 Å². The molecule has 1 fully saturated rings. The lowest BCUT2D eigenvalue weighted by atomic mass is 10.1. The third-order valence-electron chi connectivity index (χ3n) is 3.43. The van der Waals surface area contributed by atoms with Gasteiger partial charge in [0.15, 0.2) is 0 Å². The average molecular weight is 282 g/mol. The Morgan fingerprint density at radius 3 is 2.68 bits per heavy atom. The predicted octanol–water partition coefficient (Wildman–Crippen LogP) is 2.76. The second kappa shape index (κ2) is 6.80. The van der Waals surface area contributed by atoms with E-state index in [0.717, 1.165) is 17.7 Å². The highest BCUT2D eigenvalue weighted by molar-refractivity contribution is 6.21. The van der Waals surface area contributed by atoms with Crippen molar-refractivity contribution in [2.75, 3.05) is 13.7 Å². The molecule has 2 rings (SSSR count). The largest absolute Gasteiger partial charge is 0.497 e. The van der Waals surface area contributed by atoms with Crippen LogP contribution in [0.25, 0.3) is 0 Å². The van der Waals surface area contributed by atoms with Crippen molar-refractivity contribution in [1.82, 2.24) is 5.32 Å². The summed E-state index contributed by atoms with van der Waals surface area (Å²) in [5, 5.41) is 3.00. The summed E-state index contributed by atoms with van der Waals surface area (Å²) in [7, 11) is 1.64. The number of hydrogen-bond acceptors (Lipinski definition) is 2. The lowest BCUT2D eigenvalue weighted by Gasteiger charge is -2.09. The maximum atomic E-state index is 11.7. The molecule has 1 amide bonds. The summed E-state index contributed by atoms with van der Waals surface area (Å²) in [5.74, 6) is 1.52. The standard InChI is InChI=1S/C15H20ClNO2/c1-19-13-7-2-11(3-8-13)4-9-15(18)17-10-14(16)12-5-6-12/h2-3,7-8,12,14H,4-6,9-10H2,1H3,(H,17,18). The molecule has 0 heterocycles. The van der Waals surface area contributed by atoms with Crippen molar-refractivity contribution in [3.63, 3.8) is 0 Å². The van der Waals surface area contributed by atoms with Gasteiger partial charge in [-0.2, -0.15) is 0 Å². The molecule has 1 aliphatic carbocycles. The fraction of sp³-hybridized carbons (Fsp3) is 0.533. The first-order valence-electron chi connectivity index (χ1n) is 6.72. The van der Waals surface area contributed by atoms with E-state index in [1.807, 2.05) is 24.3 Å². The molecule has 0 radical (unpaired) electrons. The van der Waals surface area contributed by atoms with Crippen molar-refractivity contribution >= 4 is 17.5 Å². The normalized spacial score (nSPS) is 15.9. The van der Waals surface area contributed by atoms with Gasteiger partial charge in [0, 0.05) is 13.0 Å². The van der Waals surface area contributed by atoms with Gasteiger partial charge in [0.25, 0.3) is 0 Å². The van der Waals surface area contributed by atoms with E-state index in [1.54, 1.807) is 7.11 Å². The molecule has 1 atom stereocenters. The third kappa shape index (κ3) is 4.75. The fourth-order valence-corrected chi connectivity index (χ4v) is 2.30. The van der Waals surface area contributed by atoms with Crippen LogP contribution in [0.4, 0.5) is 0 Å².